The van der Waals surface area contributed by atoms with E-state index >= 15 is 0 Å². The number of rotatable bonds is 1. The molecule has 14 heavy (non-hydrogen) atoms. The van der Waals surface area contributed by atoms with Crippen LogP contribution in [0.3, 0.4) is 0 Å². The summed E-state index contributed by atoms with van der Waals surface area (Å²) in [5, 5.41) is 0. The van der Waals surface area contributed by atoms with Gasteiger partial charge in [-0.3, -0.25) is 0 Å². The highest BCUT2D eigenvalue weighted by atomic mass is 19.5. The molecule has 0 bridgehead atoms. The lowest BCUT2D eigenvalue weighted by Crippen LogP contribution is -2.23. The van der Waals surface area contributed by atoms with E-state index in [-0.39, 0.29) is 0 Å². The molecule has 0 atom stereocenters. The van der Waals surface area contributed by atoms with Crippen LogP contribution in [0, 0.1) is 0 Å². The van der Waals surface area contributed by atoms with Crippen molar-refractivity contribution in [2.75, 3.05) is 0 Å². The van der Waals surface area contributed by atoms with Gasteiger partial charge in [-0.2, -0.15) is 0 Å². The summed E-state index contributed by atoms with van der Waals surface area (Å²) < 4.78 is 43.2. The van der Waals surface area contributed by atoms with Crippen LogP contribution in [-0.2, 0) is 20.5 Å². The lowest BCUT2D eigenvalue weighted by Gasteiger charge is -1.94. The van der Waals surface area contributed by atoms with E-state index in [1.807, 2.05) is 7.05 Å². The van der Waals surface area contributed by atoms with E-state index in [0.717, 1.165) is 6.42 Å². The number of aromatic nitrogens is 2. The molecule has 0 saturated heterocycles. The quantitative estimate of drug-likeness (QED) is 0.380. The Morgan fingerprint density at radius 1 is 1.36 bits per heavy atom. The van der Waals surface area contributed by atoms with E-state index in [1.54, 1.807) is 0 Å². The first-order valence-electron chi connectivity index (χ1n) is 4.11. The van der Waals surface area contributed by atoms with E-state index in [9.17, 15) is 17.3 Å². The maximum Gasteiger partial charge on any atom is 0.673 e. The van der Waals surface area contributed by atoms with E-state index in [2.05, 4.69) is 35.6 Å². The molecule has 1 aromatic rings. The average Bonchev–Trinajstić information content (AvgIpc) is 2.25. The Morgan fingerprint density at radius 2 is 1.79 bits per heavy atom. The van der Waals surface area contributed by atoms with Crippen LogP contribution in [0.5, 0.6) is 0 Å². The van der Waals surface area contributed by atoms with Gasteiger partial charge in [-0.15, -0.1) is 0 Å². The molecule has 0 amide bonds. The van der Waals surface area contributed by atoms with Crippen LogP contribution in [0.25, 0.3) is 0 Å². The average molecular weight is 212 g/mol. The number of hydrogen-bond donors (Lipinski definition) is 0. The molecule has 0 aliphatic rings. The fourth-order valence-corrected chi connectivity index (χ4v) is 1.05. The molecule has 0 aliphatic heterocycles. The predicted octanol–water partition coefficient (Wildman–Crippen LogP) is 1.71. The molecule has 82 valence electrons. The van der Waals surface area contributed by atoms with Crippen molar-refractivity contribution in [1.29, 1.82) is 0 Å². The second-order valence-corrected chi connectivity index (χ2v) is 2.86. The maximum absolute atomic E-state index is 9.75. The minimum Gasteiger partial charge on any atom is -0.418 e. The molecule has 0 aliphatic carbocycles. The zero-order valence-corrected chi connectivity index (χ0v) is 8.35. The van der Waals surface area contributed by atoms with Gasteiger partial charge in [0.1, 0.15) is 11.9 Å². The molecule has 1 aromatic heterocycles. The van der Waals surface area contributed by atoms with Gasteiger partial charge in [-0.25, -0.2) is 9.13 Å². The van der Waals surface area contributed by atoms with Gasteiger partial charge in [0.2, 0.25) is 6.33 Å². The number of hydrogen-bond acceptors (Lipinski definition) is 0. The summed E-state index contributed by atoms with van der Waals surface area (Å²) in [6.45, 7) is 2.16. The lowest BCUT2D eigenvalue weighted by molar-refractivity contribution is -0.671. The molecule has 0 aromatic carbocycles. The van der Waals surface area contributed by atoms with Crippen molar-refractivity contribution >= 4 is 7.25 Å². The van der Waals surface area contributed by atoms with Crippen molar-refractivity contribution in [2.45, 2.75) is 13.3 Å². The maximum atomic E-state index is 9.75. The van der Waals surface area contributed by atoms with Gasteiger partial charge in [0.05, 0.1) is 14.1 Å². The van der Waals surface area contributed by atoms with Crippen molar-refractivity contribution < 1.29 is 21.8 Å². The first-order valence-corrected chi connectivity index (χ1v) is 4.11. The lowest BCUT2D eigenvalue weighted by atomic mass is 10.3. The SMILES string of the molecule is CCc1c[n+](C)cn1C.F[B-](F)(F)F. The number of halogens is 4. The van der Waals surface area contributed by atoms with Crippen LogP contribution in [0.15, 0.2) is 12.5 Å². The first kappa shape index (κ1) is 13.0. The summed E-state index contributed by atoms with van der Waals surface area (Å²) >= 11 is 0. The fraction of sp³-hybridized carbons (Fsp3) is 0.571. The van der Waals surface area contributed by atoms with E-state index in [1.165, 1.54) is 5.69 Å². The summed E-state index contributed by atoms with van der Waals surface area (Å²) in [6.07, 6.45) is 5.32. The molecule has 7 heteroatoms. The predicted molar refractivity (Wildman–Crippen MR) is 46.2 cm³/mol. The Balaban J connectivity index is 0.000000292. The Labute approximate surface area is 80.3 Å². The Morgan fingerprint density at radius 3 is 1.93 bits per heavy atom. The smallest absolute Gasteiger partial charge is 0.418 e. The Bertz CT molecular complexity index is 276. The minimum atomic E-state index is -6.00. The number of nitrogens with zero attached hydrogens (tertiary/aromatic N) is 2. The third-order valence-corrected chi connectivity index (χ3v) is 1.52. The highest BCUT2D eigenvalue weighted by Crippen LogP contribution is 2.06. The van der Waals surface area contributed by atoms with Gasteiger partial charge in [0.15, 0.2) is 0 Å². The van der Waals surface area contributed by atoms with Gasteiger partial charge in [0.25, 0.3) is 0 Å². The monoisotopic (exact) mass is 212 g/mol. The Kier molecular flexibility index (Phi) is 4.66. The minimum absolute atomic E-state index is 1.11. The zero-order chi connectivity index (χ0) is 11.4. The van der Waals surface area contributed by atoms with E-state index in [4.69, 9.17) is 0 Å². The second-order valence-electron chi connectivity index (χ2n) is 2.86. The van der Waals surface area contributed by atoms with Gasteiger partial charge in [0, 0.05) is 6.42 Å². The van der Waals surface area contributed by atoms with Crippen LogP contribution in [-0.4, -0.2) is 11.8 Å². The normalized spacial score (nSPS) is 10.8. The topological polar surface area (TPSA) is 8.81 Å². The van der Waals surface area contributed by atoms with Crippen LogP contribution < -0.4 is 4.57 Å². The van der Waals surface area contributed by atoms with Crippen LogP contribution in [0.4, 0.5) is 17.3 Å². The molecule has 0 spiro atoms. The third kappa shape index (κ3) is 6.50. The van der Waals surface area contributed by atoms with Crippen LogP contribution in [0.2, 0.25) is 0 Å². The third-order valence-electron chi connectivity index (χ3n) is 1.52. The van der Waals surface area contributed by atoms with Crippen molar-refractivity contribution in [3.05, 3.63) is 18.2 Å². The molecule has 0 N–H and O–H groups in total. The highest BCUT2D eigenvalue weighted by molar-refractivity contribution is 6.50. The summed E-state index contributed by atoms with van der Waals surface area (Å²) in [5.41, 5.74) is 1.37. The summed E-state index contributed by atoms with van der Waals surface area (Å²) in [6, 6.07) is 0. The molecule has 0 saturated carbocycles. The number of imidazole rings is 1. The summed E-state index contributed by atoms with van der Waals surface area (Å²) in [7, 11) is -1.89. The van der Waals surface area contributed by atoms with Crippen molar-refractivity contribution in [1.82, 2.24) is 4.57 Å². The molecule has 0 radical (unpaired) electrons. The standard InChI is InChI=1S/C7H13N2.BF4/c1-4-7-5-8(2)6-9(7)3;2-1(3,4)5/h5-6H,4H2,1-3H3;/q+1;-1. The first-order chi connectivity index (χ1) is 6.24. The van der Waals surface area contributed by atoms with Crippen LogP contribution in [0.1, 0.15) is 12.6 Å². The van der Waals surface area contributed by atoms with E-state index < -0.39 is 7.25 Å². The molecule has 1 heterocycles. The zero-order valence-electron chi connectivity index (χ0n) is 8.35. The van der Waals surface area contributed by atoms with Gasteiger partial charge >= 0.3 is 7.25 Å². The molecule has 0 fully saturated rings. The van der Waals surface area contributed by atoms with Gasteiger partial charge in [-0.05, 0) is 0 Å². The van der Waals surface area contributed by atoms with Crippen molar-refractivity contribution in [3.8, 4) is 0 Å². The summed E-state index contributed by atoms with van der Waals surface area (Å²) in [5.74, 6) is 0. The van der Waals surface area contributed by atoms with Crippen molar-refractivity contribution in [2.24, 2.45) is 14.1 Å². The molecular formula is C7H13BF4N2. The number of aryl methyl sites for hydroxylation is 3. The highest BCUT2D eigenvalue weighted by Gasteiger charge is 2.20. The van der Waals surface area contributed by atoms with Gasteiger partial charge < -0.3 is 17.3 Å². The molecule has 2 nitrogen and oxygen atoms in total. The Hall–Kier alpha value is -1.01. The van der Waals surface area contributed by atoms with Gasteiger partial charge in [-0.1, -0.05) is 6.92 Å². The molecule has 1 rings (SSSR count). The fourth-order valence-electron chi connectivity index (χ4n) is 1.05. The van der Waals surface area contributed by atoms with Crippen molar-refractivity contribution in [3.63, 3.8) is 0 Å². The largest absolute Gasteiger partial charge is 0.673 e. The molecule has 0 unspecified atom stereocenters. The summed E-state index contributed by atoms with van der Waals surface area (Å²) in [4.78, 5) is 0. The van der Waals surface area contributed by atoms with E-state index in [0.29, 0.717) is 0 Å². The van der Waals surface area contributed by atoms with Crippen LogP contribution >= 0.6 is 0 Å². The molecular weight excluding hydrogens is 199 g/mol. The second kappa shape index (κ2) is 5.02.